The second-order valence-corrected chi connectivity index (χ2v) is 16.7. The number of nitrogens with zero attached hydrogens (tertiary/aromatic N) is 2. The zero-order valence-electron chi connectivity index (χ0n) is 33.2. The highest BCUT2D eigenvalue weighted by atomic mass is 32.1. The molecule has 0 aliphatic heterocycles. The molecule has 0 aliphatic carbocycles. The average molecular weight is 795 g/mol. The third-order valence-electron chi connectivity index (χ3n) is 12.2. The SMILES string of the molecule is c1ccc(-c2cccc3cccc(-c4ccccc4N(c4cccc(-c5cccc6c5sc5ccccc56)c4)c4cccc(-n5c6ccccc6c6ccccc65)c4)c23)cc1. The molecule has 0 saturated carbocycles. The van der Waals surface area contributed by atoms with E-state index in [0.29, 0.717) is 0 Å². The summed E-state index contributed by atoms with van der Waals surface area (Å²) in [7, 11) is 0. The molecule has 2 heterocycles. The molecule has 12 aromatic rings. The number of anilines is 3. The molecule has 0 fully saturated rings. The van der Waals surface area contributed by atoms with E-state index in [-0.39, 0.29) is 0 Å². The van der Waals surface area contributed by atoms with E-state index in [0.717, 1.165) is 28.3 Å². The van der Waals surface area contributed by atoms with Gasteiger partial charge in [-0.25, -0.2) is 0 Å². The van der Waals surface area contributed by atoms with E-state index < -0.39 is 0 Å². The van der Waals surface area contributed by atoms with Crippen molar-refractivity contribution in [3.63, 3.8) is 0 Å². The maximum Gasteiger partial charge on any atom is 0.0541 e. The molecule has 0 bridgehead atoms. The van der Waals surface area contributed by atoms with Gasteiger partial charge in [-0.15, -0.1) is 11.3 Å². The standard InChI is InChI=1S/C58H38N2S/c1-2-17-39(18-3-1)45-29-13-19-40-20-14-31-51(57(40)45)49-27-6-8-33-53(49)59(42-22-12-21-41(37-42)46-30-16-32-52-50-28-7-11-36-56(50)61-58(46)52)43-23-15-24-44(38-43)60-54-34-9-4-25-47(54)48-26-5-10-35-55(48)60/h1-38H. The molecule has 0 spiro atoms. The highest BCUT2D eigenvalue weighted by molar-refractivity contribution is 7.26. The Bertz CT molecular complexity index is 3550. The van der Waals surface area contributed by atoms with Crippen LogP contribution in [0.25, 0.3) is 91.8 Å². The van der Waals surface area contributed by atoms with E-state index in [1.165, 1.54) is 80.6 Å². The minimum absolute atomic E-state index is 1.08. The van der Waals surface area contributed by atoms with E-state index in [2.05, 4.69) is 240 Å². The summed E-state index contributed by atoms with van der Waals surface area (Å²) in [5, 5.41) is 7.57. The molecular weight excluding hydrogens is 757 g/mol. The van der Waals surface area contributed by atoms with Crippen molar-refractivity contribution >= 4 is 81.1 Å². The number of thiophene rings is 1. The van der Waals surface area contributed by atoms with Crippen LogP contribution >= 0.6 is 11.3 Å². The molecule has 0 aliphatic rings. The van der Waals surface area contributed by atoms with Gasteiger partial charge in [0.2, 0.25) is 0 Å². The highest BCUT2D eigenvalue weighted by Crippen LogP contribution is 2.47. The first kappa shape index (κ1) is 35.2. The largest absolute Gasteiger partial charge is 0.310 e. The van der Waals surface area contributed by atoms with Gasteiger partial charge in [-0.2, -0.15) is 0 Å². The number of fused-ring (bicyclic) bond motifs is 7. The van der Waals surface area contributed by atoms with Gasteiger partial charge in [-0.1, -0.05) is 176 Å². The fourth-order valence-corrected chi connectivity index (χ4v) is 10.7. The van der Waals surface area contributed by atoms with Crippen molar-refractivity contribution in [2.75, 3.05) is 4.90 Å². The van der Waals surface area contributed by atoms with E-state index in [1.807, 2.05) is 11.3 Å². The molecule has 0 amide bonds. The Morgan fingerprint density at radius 1 is 0.361 bits per heavy atom. The molecule has 0 atom stereocenters. The average Bonchev–Trinajstić information content (AvgIpc) is 3.88. The van der Waals surface area contributed by atoms with Crippen molar-refractivity contribution < 1.29 is 0 Å². The molecule has 0 N–H and O–H groups in total. The minimum Gasteiger partial charge on any atom is -0.310 e. The van der Waals surface area contributed by atoms with Gasteiger partial charge < -0.3 is 9.47 Å². The molecule has 3 heteroatoms. The summed E-state index contributed by atoms with van der Waals surface area (Å²) in [6.45, 7) is 0. The quantitative estimate of drug-likeness (QED) is 0.156. The number of aromatic nitrogens is 1. The van der Waals surface area contributed by atoms with Crippen LogP contribution in [0.4, 0.5) is 17.1 Å². The number of benzene rings is 10. The molecular formula is C58H38N2S. The zero-order valence-corrected chi connectivity index (χ0v) is 34.1. The fraction of sp³-hybridized carbons (Fsp3) is 0. The first-order chi connectivity index (χ1) is 30.3. The topological polar surface area (TPSA) is 8.17 Å². The smallest absolute Gasteiger partial charge is 0.0541 e. The summed E-state index contributed by atoms with van der Waals surface area (Å²) in [4.78, 5) is 2.46. The van der Waals surface area contributed by atoms with Crippen molar-refractivity contribution in [3.8, 4) is 39.1 Å². The van der Waals surface area contributed by atoms with Crippen LogP contribution in [-0.2, 0) is 0 Å². The number of rotatable bonds is 7. The lowest BCUT2D eigenvalue weighted by Crippen LogP contribution is -2.12. The Morgan fingerprint density at radius 3 is 1.72 bits per heavy atom. The third kappa shape index (κ3) is 5.85. The maximum absolute atomic E-state index is 2.46. The summed E-state index contributed by atoms with van der Waals surface area (Å²) in [6, 6.07) is 84.2. The van der Waals surface area contributed by atoms with Crippen molar-refractivity contribution in [2.24, 2.45) is 0 Å². The van der Waals surface area contributed by atoms with Crippen LogP contribution in [-0.4, -0.2) is 4.57 Å². The Labute approximate surface area is 358 Å². The molecule has 10 aromatic carbocycles. The van der Waals surface area contributed by atoms with Crippen LogP contribution in [0.15, 0.2) is 231 Å². The summed E-state index contributed by atoms with van der Waals surface area (Å²) >= 11 is 1.88. The van der Waals surface area contributed by atoms with Gasteiger partial charge in [0.1, 0.15) is 0 Å². The lowest BCUT2D eigenvalue weighted by molar-refractivity contribution is 1.17. The van der Waals surface area contributed by atoms with Crippen molar-refractivity contribution in [1.82, 2.24) is 4.57 Å². The number of hydrogen-bond donors (Lipinski definition) is 0. The molecule has 0 radical (unpaired) electrons. The Hall–Kier alpha value is -7.72. The highest BCUT2D eigenvalue weighted by Gasteiger charge is 2.22. The lowest BCUT2D eigenvalue weighted by Gasteiger charge is -2.29. The van der Waals surface area contributed by atoms with Gasteiger partial charge in [-0.3, -0.25) is 0 Å². The van der Waals surface area contributed by atoms with Crippen LogP contribution < -0.4 is 4.90 Å². The second-order valence-electron chi connectivity index (χ2n) is 15.6. The Balaban J connectivity index is 1.11. The van der Waals surface area contributed by atoms with Crippen molar-refractivity contribution in [1.29, 1.82) is 0 Å². The molecule has 286 valence electrons. The number of para-hydroxylation sites is 3. The molecule has 0 unspecified atom stereocenters. The van der Waals surface area contributed by atoms with Crippen molar-refractivity contribution in [3.05, 3.63) is 231 Å². The predicted molar refractivity (Wildman–Crippen MR) is 262 cm³/mol. The van der Waals surface area contributed by atoms with Crippen LogP contribution in [0.5, 0.6) is 0 Å². The van der Waals surface area contributed by atoms with Crippen LogP contribution in [0.1, 0.15) is 0 Å². The molecule has 12 rings (SSSR count). The Kier molecular flexibility index (Phi) is 8.39. The van der Waals surface area contributed by atoms with Crippen LogP contribution in [0, 0.1) is 0 Å². The normalized spacial score (nSPS) is 11.6. The summed E-state index contributed by atoms with van der Waals surface area (Å²) in [5.41, 5.74) is 14.0. The Morgan fingerprint density at radius 2 is 0.918 bits per heavy atom. The van der Waals surface area contributed by atoms with Gasteiger partial charge in [0.05, 0.1) is 16.7 Å². The molecule has 0 saturated heterocycles. The molecule has 2 aromatic heterocycles. The monoisotopic (exact) mass is 794 g/mol. The van der Waals surface area contributed by atoms with E-state index in [1.54, 1.807) is 0 Å². The first-order valence-corrected chi connectivity index (χ1v) is 21.7. The van der Waals surface area contributed by atoms with Gasteiger partial charge >= 0.3 is 0 Å². The lowest BCUT2D eigenvalue weighted by atomic mass is 9.90. The van der Waals surface area contributed by atoms with E-state index in [4.69, 9.17) is 0 Å². The minimum atomic E-state index is 1.08. The summed E-state index contributed by atoms with van der Waals surface area (Å²) in [6.07, 6.45) is 0. The van der Waals surface area contributed by atoms with Gasteiger partial charge in [0.25, 0.3) is 0 Å². The van der Waals surface area contributed by atoms with E-state index in [9.17, 15) is 0 Å². The van der Waals surface area contributed by atoms with Gasteiger partial charge in [0.15, 0.2) is 0 Å². The zero-order chi connectivity index (χ0) is 40.3. The molecule has 2 nitrogen and oxygen atoms in total. The van der Waals surface area contributed by atoms with Crippen molar-refractivity contribution in [2.45, 2.75) is 0 Å². The summed E-state index contributed by atoms with van der Waals surface area (Å²) in [5.74, 6) is 0. The number of hydrogen-bond acceptors (Lipinski definition) is 2. The third-order valence-corrected chi connectivity index (χ3v) is 13.4. The predicted octanol–water partition coefficient (Wildman–Crippen LogP) is 16.8. The fourth-order valence-electron chi connectivity index (χ4n) is 9.51. The van der Waals surface area contributed by atoms with Gasteiger partial charge in [-0.05, 0) is 93.2 Å². The molecule has 61 heavy (non-hydrogen) atoms. The van der Waals surface area contributed by atoms with E-state index >= 15 is 0 Å². The second kappa shape index (κ2) is 14.5. The first-order valence-electron chi connectivity index (χ1n) is 20.8. The summed E-state index contributed by atoms with van der Waals surface area (Å²) < 4.78 is 5.03. The van der Waals surface area contributed by atoms with Gasteiger partial charge in [0, 0.05) is 53.6 Å². The van der Waals surface area contributed by atoms with Crippen LogP contribution in [0.3, 0.4) is 0 Å². The maximum atomic E-state index is 2.46. The van der Waals surface area contributed by atoms with Crippen LogP contribution in [0.2, 0.25) is 0 Å².